The first-order chi connectivity index (χ1) is 12.7. The van der Waals surface area contributed by atoms with Crippen molar-refractivity contribution in [2.75, 3.05) is 6.54 Å². The molecule has 0 spiro atoms. The highest BCUT2D eigenvalue weighted by atomic mass is 35.5. The van der Waals surface area contributed by atoms with Gasteiger partial charge in [-0.15, -0.1) is 0 Å². The molecule has 27 heavy (non-hydrogen) atoms. The van der Waals surface area contributed by atoms with E-state index in [1.807, 2.05) is 0 Å². The van der Waals surface area contributed by atoms with Gasteiger partial charge < -0.3 is 5.32 Å². The van der Waals surface area contributed by atoms with E-state index in [0.29, 0.717) is 24.5 Å². The molecular formula is C16H18Cl2F3N5O. The molecule has 1 aliphatic rings. The van der Waals surface area contributed by atoms with Gasteiger partial charge >= 0.3 is 6.18 Å². The molecule has 148 valence electrons. The number of nitrogens with zero attached hydrogens (tertiary/aromatic N) is 4. The minimum atomic E-state index is -4.66. The fourth-order valence-corrected chi connectivity index (χ4v) is 3.34. The Balaban J connectivity index is 1.64. The van der Waals surface area contributed by atoms with Crippen molar-refractivity contribution in [1.29, 1.82) is 0 Å². The predicted octanol–water partition coefficient (Wildman–Crippen LogP) is 4.05. The van der Waals surface area contributed by atoms with Gasteiger partial charge in [0.2, 0.25) is 5.91 Å². The molecule has 2 heterocycles. The maximum atomic E-state index is 13.1. The molecular weight excluding hydrogens is 406 g/mol. The van der Waals surface area contributed by atoms with Crippen molar-refractivity contribution in [3.8, 4) is 0 Å². The van der Waals surface area contributed by atoms with Crippen LogP contribution < -0.4 is 5.32 Å². The second kappa shape index (κ2) is 7.71. The maximum absolute atomic E-state index is 13.1. The highest BCUT2D eigenvalue weighted by Crippen LogP contribution is 2.47. The lowest BCUT2D eigenvalue weighted by Gasteiger charge is -2.16. The Morgan fingerprint density at radius 3 is 2.67 bits per heavy atom. The van der Waals surface area contributed by atoms with Gasteiger partial charge in [0.25, 0.3) is 0 Å². The zero-order valence-electron chi connectivity index (χ0n) is 14.4. The Kier molecular flexibility index (Phi) is 5.71. The van der Waals surface area contributed by atoms with Crippen molar-refractivity contribution >= 4 is 29.1 Å². The summed E-state index contributed by atoms with van der Waals surface area (Å²) in [5, 5.41) is 10.5. The molecule has 11 heteroatoms. The fourth-order valence-electron chi connectivity index (χ4n) is 2.80. The second-order valence-electron chi connectivity index (χ2n) is 6.51. The number of rotatable bonds is 7. The van der Waals surface area contributed by atoms with Crippen molar-refractivity contribution in [2.45, 2.75) is 50.9 Å². The molecule has 2 aromatic rings. The zero-order chi connectivity index (χ0) is 19.8. The van der Waals surface area contributed by atoms with Gasteiger partial charge in [0.05, 0.1) is 21.9 Å². The van der Waals surface area contributed by atoms with Crippen LogP contribution in [-0.4, -0.2) is 32.0 Å². The van der Waals surface area contributed by atoms with Crippen molar-refractivity contribution in [3.05, 3.63) is 33.8 Å². The van der Waals surface area contributed by atoms with Crippen molar-refractivity contribution in [3.63, 3.8) is 0 Å². The molecule has 1 amide bonds. The fraction of sp³-hybridized carbons (Fsp3) is 0.562. The van der Waals surface area contributed by atoms with Gasteiger partial charge in [-0.05, 0) is 26.2 Å². The second-order valence-corrected chi connectivity index (χ2v) is 7.32. The van der Waals surface area contributed by atoms with E-state index < -0.39 is 28.8 Å². The monoisotopic (exact) mass is 423 g/mol. The minimum Gasteiger partial charge on any atom is -0.354 e. The number of hydrogen-bond acceptors (Lipinski definition) is 3. The van der Waals surface area contributed by atoms with E-state index in [1.54, 1.807) is 10.9 Å². The number of aromatic nitrogens is 4. The first-order valence-electron chi connectivity index (χ1n) is 8.49. The maximum Gasteiger partial charge on any atom is 0.436 e. The topological polar surface area (TPSA) is 64.7 Å². The number of halogens is 5. The molecule has 3 rings (SSSR count). The van der Waals surface area contributed by atoms with Crippen LogP contribution in [0.15, 0.2) is 12.4 Å². The summed E-state index contributed by atoms with van der Waals surface area (Å²) in [7, 11) is 0. The third kappa shape index (κ3) is 4.57. The summed E-state index contributed by atoms with van der Waals surface area (Å²) >= 11 is 11.7. The van der Waals surface area contributed by atoms with Crippen LogP contribution in [0.3, 0.4) is 0 Å². The number of carbonyl (C=O) groups is 1. The van der Waals surface area contributed by atoms with E-state index >= 15 is 0 Å². The Morgan fingerprint density at radius 1 is 1.41 bits per heavy atom. The van der Waals surface area contributed by atoms with Crippen LogP contribution >= 0.6 is 23.2 Å². The third-order valence-corrected chi connectivity index (χ3v) is 4.90. The first kappa shape index (κ1) is 20.0. The lowest BCUT2D eigenvalue weighted by Crippen LogP contribution is -2.33. The Hall–Kier alpha value is -1.74. The highest BCUT2D eigenvalue weighted by Gasteiger charge is 2.43. The summed E-state index contributed by atoms with van der Waals surface area (Å²) in [6.07, 6.45) is 0.597. The van der Waals surface area contributed by atoms with Gasteiger partial charge in [-0.1, -0.05) is 23.2 Å². The van der Waals surface area contributed by atoms with Gasteiger partial charge in [0.1, 0.15) is 6.04 Å². The third-order valence-electron chi connectivity index (χ3n) is 4.33. The molecule has 1 atom stereocenters. The molecule has 0 aliphatic heterocycles. The lowest BCUT2D eigenvalue weighted by atomic mass is 10.2. The molecule has 1 unspecified atom stereocenters. The molecule has 6 nitrogen and oxygen atoms in total. The largest absolute Gasteiger partial charge is 0.436 e. The standard InChI is InChI=1S/C16H18Cl2F3N5O/c1-9(15(27)22-5-2-6-25-8-11(17)7-23-25)26-13(10-3-4-10)12(18)14(24-26)16(19,20)21/h7-10H,2-6H2,1H3,(H,22,27). The molecule has 1 fully saturated rings. The molecule has 1 aliphatic carbocycles. The summed E-state index contributed by atoms with van der Waals surface area (Å²) in [6.45, 7) is 2.42. The quantitative estimate of drug-likeness (QED) is 0.683. The van der Waals surface area contributed by atoms with E-state index in [9.17, 15) is 18.0 Å². The smallest absolute Gasteiger partial charge is 0.354 e. The van der Waals surface area contributed by atoms with E-state index in [-0.39, 0.29) is 11.6 Å². The van der Waals surface area contributed by atoms with Gasteiger partial charge in [-0.25, -0.2) is 0 Å². The molecule has 0 saturated heterocycles. The molecule has 0 radical (unpaired) electrons. The van der Waals surface area contributed by atoms with Gasteiger partial charge in [-0.3, -0.25) is 14.2 Å². The van der Waals surface area contributed by atoms with E-state index in [4.69, 9.17) is 23.2 Å². The van der Waals surface area contributed by atoms with Crippen LogP contribution in [0.5, 0.6) is 0 Å². The molecule has 1 N–H and O–H groups in total. The average Bonchev–Trinajstić information content (AvgIpc) is 3.24. The predicted molar refractivity (Wildman–Crippen MR) is 93.8 cm³/mol. The van der Waals surface area contributed by atoms with Crippen molar-refractivity contribution < 1.29 is 18.0 Å². The van der Waals surface area contributed by atoms with Crippen molar-refractivity contribution in [1.82, 2.24) is 24.9 Å². The molecule has 0 bridgehead atoms. The van der Waals surface area contributed by atoms with Crippen LogP contribution in [0.1, 0.15) is 49.5 Å². The highest BCUT2D eigenvalue weighted by molar-refractivity contribution is 6.32. The van der Waals surface area contributed by atoms with E-state index in [0.717, 1.165) is 17.5 Å². The number of carbonyl (C=O) groups excluding carboxylic acids is 1. The van der Waals surface area contributed by atoms with Crippen LogP contribution in [0.25, 0.3) is 0 Å². The number of hydrogen-bond donors (Lipinski definition) is 1. The molecule has 0 aromatic carbocycles. The Morgan fingerprint density at radius 2 is 2.11 bits per heavy atom. The SMILES string of the molecule is CC(C(=O)NCCCn1cc(Cl)cn1)n1nc(C(F)(F)F)c(Cl)c1C1CC1. The number of nitrogens with one attached hydrogen (secondary N) is 1. The Labute approximate surface area is 163 Å². The normalized spacial score (nSPS) is 15.8. The van der Waals surface area contributed by atoms with Crippen LogP contribution in [-0.2, 0) is 17.5 Å². The molecule has 1 saturated carbocycles. The number of amides is 1. The van der Waals surface area contributed by atoms with Crippen LogP contribution in [0, 0.1) is 0 Å². The summed E-state index contributed by atoms with van der Waals surface area (Å²) in [4.78, 5) is 12.4. The van der Waals surface area contributed by atoms with Gasteiger partial charge in [0, 0.05) is 25.2 Å². The summed E-state index contributed by atoms with van der Waals surface area (Å²) in [6, 6.07) is -0.895. The van der Waals surface area contributed by atoms with E-state index in [2.05, 4.69) is 15.5 Å². The van der Waals surface area contributed by atoms with E-state index in [1.165, 1.54) is 13.1 Å². The minimum absolute atomic E-state index is 0.0825. The Bertz CT molecular complexity index is 829. The number of aryl methyl sites for hydroxylation is 1. The number of alkyl halides is 3. The summed E-state index contributed by atoms with van der Waals surface area (Å²) < 4.78 is 42.1. The average molecular weight is 424 g/mol. The summed E-state index contributed by atoms with van der Waals surface area (Å²) in [5.74, 6) is -0.496. The summed E-state index contributed by atoms with van der Waals surface area (Å²) in [5.41, 5.74) is -0.848. The molecule has 2 aromatic heterocycles. The lowest BCUT2D eigenvalue weighted by molar-refractivity contribution is -0.141. The first-order valence-corrected chi connectivity index (χ1v) is 9.25. The van der Waals surface area contributed by atoms with Gasteiger partial charge in [-0.2, -0.15) is 23.4 Å². The van der Waals surface area contributed by atoms with Crippen molar-refractivity contribution in [2.24, 2.45) is 0 Å². The van der Waals surface area contributed by atoms with Crippen LogP contribution in [0.4, 0.5) is 13.2 Å². The van der Waals surface area contributed by atoms with Gasteiger partial charge in [0.15, 0.2) is 5.69 Å². The van der Waals surface area contributed by atoms with Crippen LogP contribution in [0.2, 0.25) is 10.0 Å². The zero-order valence-corrected chi connectivity index (χ0v) is 15.9.